The van der Waals surface area contributed by atoms with Crippen LogP contribution < -0.4 is 11.5 Å². The summed E-state index contributed by atoms with van der Waals surface area (Å²) in [5.74, 6) is 0. The van der Waals surface area contributed by atoms with E-state index in [4.69, 9.17) is 29.9 Å². The number of phosphoric ester groups is 1. The lowest BCUT2D eigenvalue weighted by atomic mass is 9.93. The maximum absolute atomic E-state index is 10.3. The van der Waals surface area contributed by atoms with Crippen LogP contribution >= 0.6 is 7.82 Å². The molecule has 2 amide bonds. The molecule has 0 heterocycles. The molecule has 104 valence electrons. The standard InChI is InChI=1S/C5H13O7P.CH4N2O/c6-1-5(2-7,3-8)4-12-13(9,10)11;2-1(3)4/h6-8H,1-4H2,(H2,9,10,11);(H4,2,3,4). The molecule has 0 saturated heterocycles. The van der Waals surface area contributed by atoms with Crippen LogP contribution in [-0.2, 0) is 9.09 Å². The lowest BCUT2D eigenvalue weighted by Crippen LogP contribution is -2.38. The first-order valence-corrected chi connectivity index (χ1v) is 5.73. The van der Waals surface area contributed by atoms with Crippen molar-refractivity contribution in [3.05, 3.63) is 0 Å². The summed E-state index contributed by atoms with van der Waals surface area (Å²) in [5, 5.41) is 26.2. The van der Waals surface area contributed by atoms with Gasteiger partial charge in [-0.1, -0.05) is 0 Å². The third-order valence-electron chi connectivity index (χ3n) is 1.55. The van der Waals surface area contributed by atoms with Gasteiger partial charge in [0.25, 0.3) is 0 Å². The molecule has 0 aromatic rings. The smallest absolute Gasteiger partial charge is 0.396 e. The fourth-order valence-electron chi connectivity index (χ4n) is 0.508. The number of urea groups is 1. The van der Waals surface area contributed by atoms with Crippen LogP contribution in [0.1, 0.15) is 0 Å². The predicted molar refractivity (Wildman–Crippen MR) is 55.5 cm³/mol. The average Bonchev–Trinajstić information content (AvgIpc) is 2.18. The Balaban J connectivity index is 0. The maximum atomic E-state index is 10.3. The van der Waals surface area contributed by atoms with E-state index in [9.17, 15) is 4.57 Å². The zero-order valence-corrected chi connectivity index (χ0v) is 9.79. The summed E-state index contributed by atoms with van der Waals surface area (Å²) < 4.78 is 14.3. The van der Waals surface area contributed by atoms with E-state index in [-0.39, 0.29) is 0 Å². The van der Waals surface area contributed by atoms with E-state index in [0.717, 1.165) is 0 Å². The molecule has 0 aliphatic rings. The molecular formula is C6H17N2O8P. The van der Waals surface area contributed by atoms with E-state index >= 15 is 0 Å². The minimum atomic E-state index is -4.64. The molecular weight excluding hydrogens is 259 g/mol. The molecule has 0 atom stereocenters. The van der Waals surface area contributed by atoms with Gasteiger partial charge in [-0.3, -0.25) is 4.52 Å². The van der Waals surface area contributed by atoms with E-state index in [1.807, 2.05) is 0 Å². The molecule has 11 heteroatoms. The molecule has 9 N–H and O–H groups in total. The summed E-state index contributed by atoms with van der Waals surface area (Å²) in [6, 6.07) is -0.833. The van der Waals surface area contributed by atoms with E-state index in [1.165, 1.54) is 0 Å². The highest BCUT2D eigenvalue weighted by atomic mass is 31.2. The van der Waals surface area contributed by atoms with E-state index in [2.05, 4.69) is 16.0 Å². The fourth-order valence-corrected chi connectivity index (χ4v) is 0.950. The molecule has 10 nitrogen and oxygen atoms in total. The van der Waals surface area contributed by atoms with Gasteiger partial charge in [-0.2, -0.15) is 0 Å². The third-order valence-corrected chi connectivity index (χ3v) is 2.01. The quantitative estimate of drug-likeness (QED) is 0.250. The lowest BCUT2D eigenvalue weighted by Gasteiger charge is -2.26. The topological polar surface area (TPSA) is 197 Å². The van der Waals surface area contributed by atoms with E-state index in [1.54, 1.807) is 0 Å². The molecule has 0 aromatic heterocycles. The van der Waals surface area contributed by atoms with Gasteiger partial charge >= 0.3 is 13.9 Å². The summed E-state index contributed by atoms with van der Waals surface area (Å²) in [5.41, 5.74) is 7.08. The molecule has 0 unspecified atom stereocenters. The van der Waals surface area contributed by atoms with Gasteiger partial charge in [0.05, 0.1) is 31.8 Å². The van der Waals surface area contributed by atoms with Gasteiger partial charge in [0.15, 0.2) is 0 Å². The molecule has 0 saturated carbocycles. The minimum Gasteiger partial charge on any atom is -0.396 e. The molecule has 0 spiro atoms. The van der Waals surface area contributed by atoms with E-state index < -0.39 is 45.7 Å². The highest BCUT2D eigenvalue weighted by Crippen LogP contribution is 2.37. The molecule has 0 aromatic carbocycles. The molecule has 17 heavy (non-hydrogen) atoms. The average molecular weight is 276 g/mol. The van der Waals surface area contributed by atoms with Gasteiger partial charge in [0.2, 0.25) is 0 Å². The molecule has 0 rings (SSSR count). The van der Waals surface area contributed by atoms with Crippen molar-refractivity contribution >= 4 is 13.9 Å². The number of primary amides is 2. The molecule has 0 bridgehead atoms. The van der Waals surface area contributed by atoms with Crippen molar-refractivity contribution in [2.45, 2.75) is 0 Å². The van der Waals surface area contributed by atoms with Crippen molar-refractivity contribution < 1.29 is 39.0 Å². The van der Waals surface area contributed by atoms with Crippen molar-refractivity contribution in [1.29, 1.82) is 0 Å². The van der Waals surface area contributed by atoms with Crippen molar-refractivity contribution in [3.63, 3.8) is 0 Å². The van der Waals surface area contributed by atoms with Gasteiger partial charge in [-0.15, -0.1) is 0 Å². The minimum absolute atomic E-state index is 0.610. The highest BCUT2D eigenvalue weighted by Gasteiger charge is 2.31. The van der Waals surface area contributed by atoms with Crippen molar-refractivity contribution in [1.82, 2.24) is 0 Å². The van der Waals surface area contributed by atoms with Gasteiger partial charge in [0, 0.05) is 0 Å². The Morgan fingerprint density at radius 2 is 1.41 bits per heavy atom. The van der Waals surface area contributed by atoms with E-state index in [0.29, 0.717) is 0 Å². The van der Waals surface area contributed by atoms with Gasteiger partial charge < -0.3 is 36.6 Å². The van der Waals surface area contributed by atoms with Gasteiger partial charge in [0.1, 0.15) is 0 Å². The summed E-state index contributed by atoms with van der Waals surface area (Å²) in [4.78, 5) is 25.6. The van der Waals surface area contributed by atoms with Crippen LogP contribution in [0, 0.1) is 5.41 Å². The number of aliphatic hydroxyl groups is 3. The number of hydrogen-bond donors (Lipinski definition) is 7. The highest BCUT2D eigenvalue weighted by molar-refractivity contribution is 7.46. The predicted octanol–water partition coefficient (Wildman–Crippen LogP) is -2.92. The number of aliphatic hydroxyl groups excluding tert-OH is 3. The summed E-state index contributed by atoms with van der Waals surface area (Å²) in [7, 11) is -4.64. The SMILES string of the molecule is NC(N)=O.O=P(O)(O)OCC(CO)(CO)CO. The zero-order valence-electron chi connectivity index (χ0n) is 8.89. The molecule has 0 fully saturated rings. The van der Waals surface area contributed by atoms with Crippen LogP contribution in [0.25, 0.3) is 0 Å². The summed E-state index contributed by atoms with van der Waals surface area (Å²) in [6.45, 7) is -2.49. The number of amides is 2. The Morgan fingerprint density at radius 3 is 1.59 bits per heavy atom. The number of carbonyl (C=O) groups is 1. The first-order chi connectivity index (χ1) is 7.62. The Bertz CT molecular complexity index is 250. The normalized spacial score (nSPS) is 11.6. The largest absolute Gasteiger partial charge is 0.469 e. The second kappa shape index (κ2) is 8.37. The lowest BCUT2D eigenvalue weighted by molar-refractivity contribution is -0.0318. The molecule has 0 aliphatic heterocycles. The summed E-state index contributed by atoms with van der Waals surface area (Å²) in [6.07, 6.45) is 0. The van der Waals surface area contributed by atoms with Gasteiger partial charge in [-0.05, 0) is 0 Å². The molecule has 0 aliphatic carbocycles. The number of carbonyl (C=O) groups excluding carboxylic acids is 1. The second-order valence-corrected chi connectivity index (χ2v) is 4.38. The monoisotopic (exact) mass is 276 g/mol. The third kappa shape index (κ3) is 11.5. The Morgan fingerprint density at radius 1 is 1.12 bits per heavy atom. The molecule has 0 radical (unpaired) electrons. The van der Waals surface area contributed by atoms with Crippen LogP contribution in [0.15, 0.2) is 0 Å². The Labute approximate surface area is 97.0 Å². The Kier molecular flexibility index (Phi) is 9.16. The number of hydrogen-bond acceptors (Lipinski definition) is 6. The number of nitrogens with two attached hydrogens (primary N) is 2. The van der Waals surface area contributed by atoms with Crippen molar-refractivity contribution in [2.75, 3.05) is 26.4 Å². The van der Waals surface area contributed by atoms with Gasteiger partial charge in [-0.25, -0.2) is 9.36 Å². The Hall–Kier alpha value is -0.740. The number of phosphoric acid groups is 1. The van der Waals surface area contributed by atoms with Crippen LogP contribution in [-0.4, -0.2) is 57.6 Å². The van der Waals surface area contributed by atoms with Crippen LogP contribution in [0.4, 0.5) is 4.79 Å². The number of rotatable bonds is 6. The summed E-state index contributed by atoms with van der Waals surface area (Å²) >= 11 is 0. The first kappa shape index (κ1) is 18.6. The van der Waals surface area contributed by atoms with Crippen LogP contribution in [0.3, 0.4) is 0 Å². The van der Waals surface area contributed by atoms with Crippen molar-refractivity contribution in [2.24, 2.45) is 16.9 Å². The first-order valence-electron chi connectivity index (χ1n) is 4.20. The van der Waals surface area contributed by atoms with Crippen molar-refractivity contribution in [3.8, 4) is 0 Å². The van der Waals surface area contributed by atoms with Crippen LogP contribution in [0.2, 0.25) is 0 Å². The fraction of sp³-hybridized carbons (Fsp3) is 0.833. The van der Waals surface area contributed by atoms with Crippen LogP contribution in [0.5, 0.6) is 0 Å². The zero-order chi connectivity index (χ0) is 14.1. The maximum Gasteiger partial charge on any atom is 0.469 e. The second-order valence-electron chi connectivity index (χ2n) is 3.14.